The number of likely N-dealkylation sites (N-methyl/N-ethyl adjacent to an activating group) is 1. The summed E-state index contributed by atoms with van der Waals surface area (Å²) in [6.45, 7) is 5.52. The maximum atomic E-state index is 13.4. The van der Waals surface area contributed by atoms with E-state index in [9.17, 15) is 15.0 Å². The molecule has 2 aromatic rings. The fourth-order valence-electron chi connectivity index (χ4n) is 8.17. The normalized spacial score (nSPS) is 30.8. The molecule has 2 aliphatic heterocycles. The molecule has 2 aromatic carbocycles. The molecule has 2 heterocycles. The number of phenolic OH excluding ortho intramolecular Hbond substituents is 1. The molecule has 2 N–H and O–H groups in total. The van der Waals surface area contributed by atoms with Gasteiger partial charge in [-0.25, -0.2) is 0 Å². The van der Waals surface area contributed by atoms with Crippen molar-refractivity contribution in [3.05, 3.63) is 71.8 Å². The summed E-state index contributed by atoms with van der Waals surface area (Å²) in [5.41, 5.74) is 1.89. The van der Waals surface area contributed by atoms with Crippen LogP contribution in [0.15, 0.2) is 55.1 Å². The lowest BCUT2D eigenvalue weighted by Gasteiger charge is -2.64. The molecule has 2 unspecified atom stereocenters. The van der Waals surface area contributed by atoms with Crippen LogP contribution in [-0.2, 0) is 23.1 Å². The van der Waals surface area contributed by atoms with Crippen molar-refractivity contribution in [2.45, 2.75) is 87.0 Å². The Labute approximate surface area is 225 Å². The molecule has 38 heavy (non-hydrogen) atoms. The van der Waals surface area contributed by atoms with Gasteiger partial charge in [-0.3, -0.25) is 9.69 Å². The molecule has 6 rings (SSSR count). The Morgan fingerprint density at radius 3 is 2.79 bits per heavy atom. The van der Waals surface area contributed by atoms with Gasteiger partial charge in [0, 0.05) is 31.6 Å². The number of amides is 1. The van der Waals surface area contributed by atoms with Crippen molar-refractivity contribution in [1.29, 1.82) is 0 Å². The zero-order chi connectivity index (χ0) is 26.5. The van der Waals surface area contributed by atoms with Crippen molar-refractivity contribution in [1.82, 2.24) is 9.80 Å². The molecule has 2 fully saturated rings. The SMILES string of the molecule is C=CCN1CC[C@]23c4c5ccc(O)c4OC2C(N(C)C(=O)CCCCCc2ccccc2)CC[C@@]3(O)[C@H]1C5. The third-order valence-electron chi connectivity index (χ3n) is 10.00. The number of rotatable bonds is 9. The van der Waals surface area contributed by atoms with Crippen LogP contribution in [0, 0.1) is 0 Å². The quantitative estimate of drug-likeness (QED) is 0.383. The average molecular weight is 517 g/mol. The molecular formula is C32H40N2O4. The monoisotopic (exact) mass is 516 g/mol. The molecule has 0 radical (unpaired) electrons. The second kappa shape index (κ2) is 9.73. The Morgan fingerprint density at radius 1 is 1.18 bits per heavy atom. The number of nitrogens with zero attached hydrogens (tertiary/aromatic N) is 2. The minimum absolute atomic E-state index is 0.0325. The lowest BCUT2D eigenvalue weighted by molar-refractivity contribution is -0.198. The highest BCUT2D eigenvalue weighted by atomic mass is 16.5. The largest absolute Gasteiger partial charge is 0.504 e. The summed E-state index contributed by atoms with van der Waals surface area (Å²) in [6.07, 6.45) is 8.83. The lowest BCUT2D eigenvalue weighted by Crippen LogP contribution is -2.78. The molecule has 0 aromatic heterocycles. The van der Waals surface area contributed by atoms with Gasteiger partial charge in [-0.15, -0.1) is 6.58 Å². The van der Waals surface area contributed by atoms with Gasteiger partial charge in [-0.1, -0.05) is 48.9 Å². The highest BCUT2D eigenvalue weighted by Crippen LogP contribution is 2.65. The molecule has 202 valence electrons. The van der Waals surface area contributed by atoms with Crippen molar-refractivity contribution in [2.24, 2.45) is 0 Å². The number of aliphatic hydroxyl groups is 1. The third-order valence-corrected chi connectivity index (χ3v) is 10.00. The summed E-state index contributed by atoms with van der Waals surface area (Å²) in [6, 6.07) is 14.0. The van der Waals surface area contributed by atoms with E-state index >= 15 is 0 Å². The number of likely N-dealkylation sites (tertiary alicyclic amines) is 1. The number of carbonyl (C=O) groups excluding carboxylic acids is 1. The maximum Gasteiger partial charge on any atom is 0.222 e. The van der Waals surface area contributed by atoms with E-state index in [-0.39, 0.29) is 29.8 Å². The number of benzene rings is 2. The van der Waals surface area contributed by atoms with Gasteiger partial charge in [-0.05, 0) is 68.7 Å². The second-order valence-electron chi connectivity index (χ2n) is 11.8. The molecule has 6 heteroatoms. The maximum absolute atomic E-state index is 13.4. The zero-order valence-corrected chi connectivity index (χ0v) is 22.4. The first-order valence-electron chi connectivity index (χ1n) is 14.3. The van der Waals surface area contributed by atoms with Gasteiger partial charge < -0.3 is 19.8 Å². The van der Waals surface area contributed by atoms with E-state index in [2.05, 4.69) is 35.7 Å². The van der Waals surface area contributed by atoms with Crippen molar-refractivity contribution >= 4 is 5.91 Å². The molecule has 1 spiro atoms. The van der Waals surface area contributed by atoms with Crippen LogP contribution in [0.5, 0.6) is 11.5 Å². The zero-order valence-electron chi connectivity index (χ0n) is 22.4. The van der Waals surface area contributed by atoms with Crippen LogP contribution >= 0.6 is 0 Å². The summed E-state index contributed by atoms with van der Waals surface area (Å²) in [7, 11) is 1.90. The van der Waals surface area contributed by atoms with Crippen molar-refractivity contribution in [2.75, 3.05) is 20.1 Å². The summed E-state index contributed by atoms with van der Waals surface area (Å²) < 4.78 is 6.60. The molecule has 6 nitrogen and oxygen atoms in total. The van der Waals surface area contributed by atoms with E-state index in [1.165, 1.54) is 5.56 Å². The van der Waals surface area contributed by atoms with Crippen LogP contribution in [0.1, 0.15) is 61.6 Å². The van der Waals surface area contributed by atoms with Crippen LogP contribution in [0.2, 0.25) is 0 Å². The Balaban J connectivity index is 1.21. The molecule has 1 saturated carbocycles. The number of aryl methyl sites for hydroxylation is 1. The van der Waals surface area contributed by atoms with Gasteiger partial charge in [0.15, 0.2) is 11.5 Å². The lowest BCUT2D eigenvalue weighted by atomic mass is 9.48. The van der Waals surface area contributed by atoms with Crippen molar-refractivity contribution < 1.29 is 19.7 Å². The Hall–Kier alpha value is -2.83. The number of phenols is 1. The molecule has 2 aliphatic carbocycles. The number of piperidine rings is 1. The number of hydrogen-bond acceptors (Lipinski definition) is 5. The molecule has 5 atom stereocenters. The fraction of sp³-hybridized carbons (Fsp3) is 0.531. The summed E-state index contributed by atoms with van der Waals surface area (Å²) in [4.78, 5) is 17.6. The number of hydrogen-bond donors (Lipinski definition) is 2. The Kier molecular flexibility index (Phi) is 6.51. The van der Waals surface area contributed by atoms with E-state index in [4.69, 9.17) is 4.74 Å². The van der Waals surface area contributed by atoms with Crippen LogP contribution in [-0.4, -0.2) is 69.8 Å². The van der Waals surface area contributed by atoms with Crippen LogP contribution in [0.3, 0.4) is 0 Å². The van der Waals surface area contributed by atoms with E-state index in [1.807, 2.05) is 30.2 Å². The Morgan fingerprint density at radius 2 is 2.00 bits per heavy atom. The van der Waals surface area contributed by atoms with Gasteiger partial charge in [0.25, 0.3) is 0 Å². The number of aromatic hydroxyl groups is 1. The van der Waals surface area contributed by atoms with E-state index in [0.29, 0.717) is 25.0 Å². The Bertz CT molecular complexity index is 1220. The molecule has 1 saturated heterocycles. The van der Waals surface area contributed by atoms with Gasteiger partial charge in [0.2, 0.25) is 5.91 Å². The highest BCUT2D eigenvalue weighted by molar-refractivity contribution is 5.76. The second-order valence-corrected chi connectivity index (χ2v) is 11.8. The van der Waals surface area contributed by atoms with Crippen LogP contribution in [0.4, 0.5) is 0 Å². The minimum atomic E-state index is -0.969. The predicted molar refractivity (Wildman–Crippen MR) is 147 cm³/mol. The van der Waals surface area contributed by atoms with Crippen molar-refractivity contribution in [3.63, 3.8) is 0 Å². The molecular weight excluding hydrogens is 476 g/mol. The van der Waals surface area contributed by atoms with Gasteiger partial charge >= 0.3 is 0 Å². The fourth-order valence-corrected chi connectivity index (χ4v) is 8.17. The highest BCUT2D eigenvalue weighted by Gasteiger charge is 2.73. The molecule has 4 aliphatic rings. The van der Waals surface area contributed by atoms with E-state index in [0.717, 1.165) is 62.7 Å². The predicted octanol–water partition coefficient (Wildman–Crippen LogP) is 4.36. The van der Waals surface area contributed by atoms with Gasteiger partial charge in [-0.2, -0.15) is 0 Å². The van der Waals surface area contributed by atoms with E-state index < -0.39 is 11.0 Å². The van der Waals surface area contributed by atoms with Crippen LogP contribution < -0.4 is 4.74 Å². The first kappa shape index (κ1) is 25.4. The van der Waals surface area contributed by atoms with Crippen LogP contribution in [0.25, 0.3) is 0 Å². The standard InChI is InChI=1S/C32H40N2O4/c1-3-19-34-20-18-31-28-23-14-15-25(35)29(28)38-30(31)24(16-17-32(31,37)26(34)21-23)33(2)27(36)13-9-5-8-12-22-10-6-4-7-11-22/h3-4,6-7,10-11,14-15,24,26,30,35,37H,1,5,8-9,12-13,16-21H2,2H3/t24?,26-,30?,31+,32-/m1/s1. The minimum Gasteiger partial charge on any atom is -0.504 e. The summed E-state index contributed by atoms with van der Waals surface area (Å²) in [5, 5.41) is 23.3. The summed E-state index contributed by atoms with van der Waals surface area (Å²) in [5.74, 6) is 0.792. The number of unbranched alkanes of at least 4 members (excludes halogenated alkanes) is 2. The average Bonchev–Trinajstić information content (AvgIpc) is 3.27. The van der Waals surface area contributed by atoms with Crippen molar-refractivity contribution in [3.8, 4) is 11.5 Å². The van der Waals surface area contributed by atoms with Gasteiger partial charge in [0.1, 0.15) is 6.10 Å². The third kappa shape index (κ3) is 3.71. The molecule has 2 bridgehead atoms. The number of ether oxygens (including phenoxy) is 1. The number of carbonyl (C=O) groups is 1. The van der Waals surface area contributed by atoms with Gasteiger partial charge in [0.05, 0.1) is 17.1 Å². The first-order valence-corrected chi connectivity index (χ1v) is 14.3. The molecule has 1 amide bonds. The van der Waals surface area contributed by atoms with E-state index in [1.54, 1.807) is 6.07 Å². The smallest absolute Gasteiger partial charge is 0.222 e. The first-order chi connectivity index (χ1) is 18.4. The topological polar surface area (TPSA) is 73.2 Å². The summed E-state index contributed by atoms with van der Waals surface area (Å²) >= 11 is 0.